The molecule has 2 unspecified atom stereocenters. The molecule has 4 nitrogen and oxygen atoms in total. The Morgan fingerprint density at radius 3 is 2.62 bits per heavy atom. The van der Waals surface area contributed by atoms with E-state index in [2.05, 4.69) is 0 Å². The summed E-state index contributed by atoms with van der Waals surface area (Å²) in [5.74, 6) is -0.0998. The van der Waals surface area contributed by atoms with Crippen LogP contribution in [0.1, 0.15) is 41.6 Å². The number of rotatable bonds is 6. The van der Waals surface area contributed by atoms with Crippen LogP contribution in [0, 0.1) is 17.7 Å². The molecule has 116 valence electrons. The van der Waals surface area contributed by atoms with E-state index in [1.807, 2.05) is 0 Å². The number of ether oxygens (including phenoxy) is 1. The molecule has 0 bridgehead atoms. The maximum Gasteiger partial charge on any atom is 0.248 e. The van der Waals surface area contributed by atoms with Crippen molar-refractivity contribution in [1.82, 2.24) is 0 Å². The molecule has 2 atom stereocenters. The van der Waals surface area contributed by atoms with Gasteiger partial charge in [-0.2, -0.15) is 0 Å². The predicted molar refractivity (Wildman–Crippen MR) is 79.1 cm³/mol. The van der Waals surface area contributed by atoms with Gasteiger partial charge < -0.3 is 16.2 Å². The average Bonchev–Trinajstić information content (AvgIpc) is 2.49. The highest BCUT2D eigenvalue weighted by Crippen LogP contribution is 2.29. The maximum absolute atomic E-state index is 13.8. The molecule has 1 saturated carbocycles. The van der Waals surface area contributed by atoms with Crippen molar-refractivity contribution in [3.8, 4) is 0 Å². The molecule has 1 amide bonds. The monoisotopic (exact) mass is 294 g/mol. The molecule has 1 fully saturated rings. The Balaban J connectivity index is 1.87. The predicted octanol–water partition coefficient (Wildman–Crippen LogP) is 2.21. The average molecular weight is 294 g/mol. The van der Waals surface area contributed by atoms with E-state index < -0.39 is 11.7 Å². The molecule has 21 heavy (non-hydrogen) atoms. The zero-order chi connectivity index (χ0) is 15.2. The molecule has 1 aromatic rings. The summed E-state index contributed by atoms with van der Waals surface area (Å²) in [6.07, 6.45) is 4.74. The second-order valence-corrected chi connectivity index (χ2v) is 5.73. The number of halogens is 1. The molecule has 0 spiro atoms. The van der Waals surface area contributed by atoms with Crippen LogP contribution in [0.4, 0.5) is 4.39 Å². The van der Waals surface area contributed by atoms with Crippen LogP contribution < -0.4 is 11.5 Å². The second kappa shape index (κ2) is 7.52. The van der Waals surface area contributed by atoms with Crippen molar-refractivity contribution in [2.75, 3.05) is 13.2 Å². The molecule has 0 aromatic heterocycles. The van der Waals surface area contributed by atoms with Gasteiger partial charge >= 0.3 is 0 Å². The molecule has 0 heterocycles. The fraction of sp³-hybridized carbons (Fsp3) is 0.562. The summed E-state index contributed by atoms with van der Waals surface area (Å²) in [6, 6.07) is 4.23. The van der Waals surface area contributed by atoms with Gasteiger partial charge in [-0.15, -0.1) is 0 Å². The van der Waals surface area contributed by atoms with E-state index in [1.165, 1.54) is 18.9 Å². The van der Waals surface area contributed by atoms with Crippen molar-refractivity contribution >= 4 is 5.91 Å². The molecule has 0 radical (unpaired) electrons. The largest absolute Gasteiger partial charge is 0.376 e. The van der Waals surface area contributed by atoms with Gasteiger partial charge in [0.15, 0.2) is 0 Å². The maximum atomic E-state index is 13.8. The SMILES string of the molecule is NCC1CCCCC1COCc1ccc(C(N)=O)cc1F. The summed E-state index contributed by atoms with van der Waals surface area (Å²) in [7, 11) is 0. The molecule has 2 rings (SSSR count). The minimum atomic E-state index is -0.630. The van der Waals surface area contributed by atoms with Crippen LogP contribution in [0.2, 0.25) is 0 Å². The number of primary amides is 1. The Hall–Kier alpha value is -1.46. The smallest absolute Gasteiger partial charge is 0.248 e. The molecular formula is C16H23FN2O2. The fourth-order valence-electron chi connectivity index (χ4n) is 2.95. The number of hydrogen-bond donors (Lipinski definition) is 2. The van der Waals surface area contributed by atoms with Crippen molar-refractivity contribution in [1.29, 1.82) is 0 Å². The highest BCUT2D eigenvalue weighted by molar-refractivity contribution is 5.92. The lowest BCUT2D eigenvalue weighted by molar-refractivity contribution is 0.0499. The van der Waals surface area contributed by atoms with Gasteiger partial charge in [0.1, 0.15) is 5.82 Å². The molecular weight excluding hydrogens is 271 g/mol. The van der Waals surface area contributed by atoms with Gasteiger partial charge in [0.25, 0.3) is 0 Å². The van der Waals surface area contributed by atoms with Crippen LogP contribution in [0.15, 0.2) is 18.2 Å². The van der Waals surface area contributed by atoms with Gasteiger partial charge in [-0.1, -0.05) is 18.9 Å². The van der Waals surface area contributed by atoms with Gasteiger partial charge in [-0.05, 0) is 43.4 Å². The zero-order valence-electron chi connectivity index (χ0n) is 12.2. The van der Waals surface area contributed by atoms with Crippen molar-refractivity contribution in [2.45, 2.75) is 32.3 Å². The summed E-state index contributed by atoms with van der Waals surface area (Å²) in [4.78, 5) is 11.0. The molecule has 5 heteroatoms. The molecule has 4 N–H and O–H groups in total. The number of benzene rings is 1. The third-order valence-electron chi connectivity index (χ3n) is 4.30. The zero-order valence-corrected chi connectivity index (χ0v) is 12.2. The molecule has 1 aliphatic carbocycles. The molecule has 1 aromatic carbocycles. The van der Waals surface area contributed by atoms with Crippen molar-refractivity contribution < 1.29 is 13.9 Å². The highest BCUT2D eigenvalue weighted by Gasteiger charge is 2.24. The number of carbonyl (C=O) groups excluding carboxylic acids is 1. The topological polar surface area (TPSA) is 78.3 Å². The number of carbonyl (C=O) groups is 1. The van der Waals surface area contributed by atoms with E-state index in [0.29, 0.717) is 30.6 Å². The minimum absolute atomic E-state index is 0.173. The van der Waals surface area contributed by atoms with Gasteiger partial charge in [-0.3, -0.25) is 4.79 Å². The lowest BCUT2D eigenvalue weighted by Gasteiger charge is -2.30. The highest BCUT2D eigenvalue weighted by atomic mass is 19.1. The third kappa shape index (κ3) is 4.25. The van der Waals surface area contributed by atoms with E-state index in [1.54, 1.807) is 6.07 Å². The summed E-state index contributed by atoms with van der Waals surface area (Å²) in [6.45, 7) is 1.51. The van der Waals surface area contributed by atoms with Crippen molar-refractivity contribution in [2.24, 2.45) is 23.3 Å². The molecule has 1 aliphatic rings. The van der Waals surface area contributed by atoms with Gasteiger partial charge in [-0.25, -0.2) is 4.39 Å². The molecule has 0 saturated heterocycles. The lowest BCUT2D eigenvalue weighted by atomic mass is 9.80. The fourth-order valence-corrected chi connectivity index (χ4v) is 2.95. The van der Waals surface area contributed by atoms with Crippen LogP contribution in [-0.4, -0.2) is 19.1 Å². The normalized spacial score (nSPS) is 22.2. The summed E-state index contributed by atoms with van der Waals surface area (Å²) in [5, 5.41) is 0. The minimum Gasteiger partial charge on any atom is -0.376 e. The Morgan fingerprint density at radius 1 is 1.29 bits per heavy atom. The van der Waals surface area contributed by atoms with E-state index in [9.17, 15) is 9.18 Å². The van der Waals surface area contributed by atoms with E-state index in [-0.39, 0.29) is 12.2 Å². The Bertz CT molecular complexity index is 493. The Kier molecular flexibility index (Phi) is 5.70. The number of amides is 1. The van der Waals surface area contributed by atoms with E-state index >= 15 is 0 Å². The number of nitrogens with two attached hydrogens (primary N) is 2. The van der Waals surface area contributed by atoms with E-state index in [4.69, 9.17) is 16.2 Å². The van der Waals surface area contributed by atoms with Crippen molar-refractivity contribution in [3.63, 3.8) is 0 Å². The van der Waals surface area contributed by atoms with Crippen LogP contribution in [0.5, 0.6) is 0 Å². The summed E-state index contributed by atoms with van der Waals surface area (Å²) < 4.78 is 19.5. The summed E-state index contributed by atoms with van der Waals surface area (Å²) >= 11 is 0. The second-order valence-electron chi connectivity index (χ2n) is 5.73. The van der Waals surface area contributed by atoms with Crippen molar-refractivity contribution in [3.05, 3.63) is 35.1 Å². The van der Waals surface area contributed by atoms with Gasteiger partial charge in [0, 0.05) is 11.1 Å². The van der Waals surface area contributed by atoms with Crippen LogP contribution >= 0.6 is 0 Å². The Labute approximate surface area is 124 Å². The third-order valence-corrected chi connectivity index (χ3v) is 4.30. The van der Waals surface area contributed by atoms with Gasteiger partial charge in [0.2, 0.25) is 5.91 Å². The lowest BCUT2D eigenvalue weighted by Crippen LogP contribution is -2.29. The summed E-state index contributed by atoms with van der Waals surface area (Å²) in [5.41, 5.74) is 11.5. The first-order valence-electron chi connectivity index (χ1n) is 7.48. The van der Waals surface area contributed by atoms with Crippen LogP contribution in [-0.2, 0) is 11.3 Å². The first-order chi connectivity index (χ1) is 10.1. The molecule has 0 aliphatic heterocycles. The standard InChI is InChI=1S/C16H23FN2O2/c17-15-7-11(16(19)20)5-6-14(15)10-21-9-13-4-2-1-3-12(13)8-18/h5-7,12-13H,1-4,8-10,18H2,(H2,19,20). The van der Waals surface area contributed by atoms with Crippen LogP contribution in [0.3, 0.4) is 0 Å². The van der Waals surface area contributed by atoms with Gasteiger partial charge in [0.05, 0.1) is 13.2 Å². The quantitative estimate of drug-likeness (QED) is 0.844. The first kappa shape index (κ1) is 15.9. The Morgan fingerprint density at radius 2 is 2.00 bits per heavy atom. The number of hydrogen-bond acceptors (Lipinski definition) is 3. The first-order valence-corrected chi connectivity index (χ1v) is 7.48. The van der Waals surface area contributed by atoms with E-state index in [0.717, 1.165) is 18.9 Å². The van der Waals surface area contributed by atoms with Crippen LogP contribution in [0.25, 0.3) is 0 Å².